The molecule has 1 heterocycles. The minimum Gasteiger partial charge on any atom is -0.538 e. The van der Waals surface area contributed by atoms with E-state index in [4.69, 9.17) is 0 Å². The second-order valence-electron chi connectivity index (χ2n) is 4.89. The van der Waals surface area contributed by atoms with Crippen molar-refractivity contribution >= 4 is 11.8 Å². The molecular weight excluding hydrogens is 204 g/mol. The molecule has 4 nitrogen and oxygen atoms in total. The van der Waals surface area contributed by atoms with Gasteiger partial charge < -0.3 is 9.90 Å². The van der Waals surface area contributed by atoms with Gasteiger partial charge in [-0.1, -0.05) is 0 Å². The highest BCUT2D eigenvalue weighted by Crippen LogP contribution is 2.10. The summed E-state index contributed by atoms with van der Waals surface area (Å²) in [5, 5.41) is 11.3. The first-order valence-electron chi connectivity index (χ1n) is 6.06. The van der Waals surface area contributed by atoms with Crippen LogP contribution < -0.4 is 5.11 Å². The van der Waals surface area contributed by atoms with Crippen molar-refractivity contribution < 1.29 is 14.5 Å². The van der Waals surface area contributed by atoms with Crippen molar-refractivity contribution in [2.75, 3.05) is 13.1 Å². The number of carboxylic acids is 1. The minimum atomic E-state index is -1.05. The molecule has 0 N–H and O–H groups in total. The van der Waals surface area contributed by atoms with E-state index in [0.717, 1.165) is 25.9 Å². The number of aliphatic carboxylic acids is 1. The third kappa shape index (κ3) is 2.74. The van der Waals surface area contributed by atoms with Crippen molar-refractivity contribution in [1.29, 1.82) is 0 Å². The predicted molar refractivity (Wildman–Crippen MR) is 61.4 cm³/mol. The van der Waals surface area contributed by atoms with E-state index in [1.165, 1.54) is 0 Å². The normalized spacial score (nSPS) is 18.2. The van der Waals surface area contributed by atoms with Gasteiger partial charge in [-0.2, -0.15) is 0 Å². The average Bonchev–Trinajstić information content (AvgIpc) is 2.38. The van der Waals surface area contributed by atoms with Gasteiger partial charge in [0.15, 0.2) is 5.97 Å². The van der Waals surface area contributed by atoms with E-state index in [-0.39, 0.29) is 12.1 Å². The first kappa shape index (κ1) is 13.0. The van der Waals surface area contributed by atoms with Gasteiger partial charge in [-0.15, -0.1) is 0 Å². The molecule has 0 saturated carbocycles. The summed E-state index contributed by atoms with van der Waals surface area (Å²) < 4.78 is 1.95. The lowest BCUT2D eigenvalue weighted by atomic mass is 10.2. The van der Waals surface area contributed by atoms with Gasteiger partial charge >= 0.3 is 0 Å². The molecule has 0 radical (unpaired) electrons. The molecule has 0 aliphatic carbocycles. The van der Waals surface area contributed by atoms with Crippen LogP contribution in [0.1, 0.15) is 40.5 Å². The SMILES string of the molecule is CC(C)N1CCCC[N+](C(C)C)=C1C(=O)[O-]. The Morgan fingerprint density at radius 3 is 2.38 bits per heavy atom. The third-order valence-corrected chi connectivity index (χ3v) is 3.02. The molecule has 0 aromatic carbocycles. The molecule has 1 aliphatic rings. The van der Waals surface area contributed by atoms with Crippen LogP contribution in [0.3, 0.4) is 0 Å². The van der Waals surface area contributed by atoms with E-state index in [1.54, 1.807) is 0 Å². The Morgan fingerprint density at radius 2 is 1.94 bits per heavy atom. The van der Waals surface area contributed by atoms with Crippen LogP contribution >= 0.6 is 0 Å². The highest BCUT2D eigenvalue weighted by atomic mass is 16.4. The van der Waals surface area contributed by atoms with Crippen LogP contribution in [-0.2, 0) is 4.79 Å². The van der Waals surface area contributed by atoms with Crippen LogP contribution in [0, 0.1) is 0 Å². The zero-order chi connectivity index (χ0) is 12.3. The molecule has 92 valence electrons. The molecule has 0 atom stereocenters. The van der Waals surface area contributed by atoms with E-state index in [9.17, 15) is 9.90 Å². The maximum absolute atomic E-state index is 11.3. The number of rotatable bonds is 3. The minimum absolute atomic E-state index is 0.201. The molecule has 16 heavy (non-hydrogen) atoms. The Balaban J connectivity index is 3.17. The van der Waals surface area contributed by atoms with Gasteiger partial charge in [0.25, 0.3) is 5.84 Å². The molecule has 0 unspecified atom stereocenters. The van der Waals surface area contributed by atoms with Gasteiger partial charge in [-0.25, -0.2) is 0 Å². The van der Waals surface area contributed by atoms with E-state index < -0.39 is 5.97 Å². The highest BCUT2D eigenvalue weighted by Gasteiger charge is 2.30. The second kappa shape index (κ2) is 5.32. The predicted octanol–water partition coefficient (Wildman–Crippen LogP) is 0.0599. The van der Waals surface area contributed by atoms with Crippen molar-refractivity contribution in [3.05, 3.63) is 0 Å². The quantitative estimate of drug-likeness (QED) is 0.639. The summed E-state index contributed by atoms with van der Waals surface area (Å²) >= 11 is 0. The lowest BCUT2D eigenvalue weighted by molar-refractivity contribution is -0.562. The summed E-state index contributed by atoms with van der Waals surface area (Å²) in [6.07, 6.45) is 2.08. The first-order chi connectivity index (χ1) is 7.45. The molecule has 0 spiro atoms. The zero-order valence-electron chi connectivity index (χ0n) is 10.7. The molecule has 0 amide bonds. The lowest BCUT2D eigenvalue weighted by Crippen LogP contribution is -2.52. The number of hydrogen-bond donors (Lipinski definition) is 0. The fourth-order valence-corrected chi connectivity index (χ4v) is 2.18. The lowest BCUT2D eigenvalue weighted by Gasteiger charge is -2.25. The van der Waals surface area contributed by atoms with Gasteiger partial charge in [0.05, 0.1) is 25.2 Å². The standard InChI is InChI=1S/C12H22N2O2/c1-9(2)13-7-5-6-8-14(10(3)4)11(13)12(15)16/h9-10H,5-8H2,1-4H3. The van der Waals surface area contributed by atoms with Crippen molar-refractivity contribution in [2.24, 2.45) is 0 Å². The van der Waals surface area contributed by atoms with Crippen LogP contribution in [0.25, 0.3) is 0 Å². The largest absolute Gasteiger partial charge is 0.538 e. The molecule has 0 bridgehead atoms. The zero-order valence-corrected chi connectivity index (χ0v) is 10.7. The highest BCUT2D eigenvalue weighted by molar-refractivity contribution is 6.31. The Bertz CT molecular complexity index is 295. The number of carbonyl (C=O) groups is 1. The summed E-state index contributed by atoms with van der Waals surface area (Å²) in [5.41, 5.74) is 0. The van der Waals surface area contributed by atoms with Crippen molar-refractivity contribution in [3.63, 3.8) is 0 Å². The molecule has 4 heteroatoms. The molecule has 1 rings (SSSR count). The van der Waals surface area contributed by atoms with Crippen LogP contribution in [0.4, 0.5) is 0 Å². The average molecular weight is 226 g/mol. The molecular formula is C12H22N2O2. The number of hydrogen-bond acceptors (Lipinski definition) is 3. The van der Waals surface area contributed by atoms with E-state index in [1.807, 2.05) is 37.2 Å². The van der Waals surface area contributed by atoms with Gasteiger partial charge in [0, 0.05) is 0 Å². The molecule has 0 fully saturated rings. The Hall–Kier alpha value is -1.06. The Morgan fingerprint density at radius 1 is 1.31 bits per heavy atom. The number of carbonyl (C=O) groups excluding carboxylic acids is 1. The number of carboxylic acid groups (broad SMARTS) is 1. The summed E-state index contributed by atoms with van der Waals surface area (Å²) in [7, 11) is 0. The van der Waals surface area contributed by atoms with Crippen molar-refractivity contribution in [2.45, 2.75) is 52.6 Å². The third-order valence-electron chi connectivity index (χ3n) is 3.02. The fourth-order valence-electron chi connectivity index (χ4n) is 2.18. The number of amidine groups is 1. The van der Waals surface area contributed by atoms with Gasteiger partial charge in [-0.3, -0.25) is 9.48 Å². The Labute approximate surface area is 97.6 Å². The maximum atomic E-state index is 11.3. The first-order valence-corrected chi connectivity index (χ1v) is 6.06. The smallest absolute Gasteiger partial charge is 0.295 e. The van der Waals surface area contributed by atoms with Crippen LogP contribution in [0.5, 0.6) is 0 Å². The van der Waals surface area contributed by atoms with E-state index >= 15 is 0 Å². The monoisotopic (exact) mass is 226 g/mol. The molecule has 0 aromatic heterocycles. The van der Waals surface area contributed by atoms with Gasteiger partial charge in [-0.05, 0) is 40.5 Å². The topological polar surface area (TPSA) is 46.4 Å². The van der Waals surface area contributed by atoms with Crippen LogP contribution in [0.15, 0.2) is 0 Å². The Kier molecular flexibility index (Phi) is 4.33. The molecule has 0 aromatic rings. The molecule has 0 saturated heterocycles. The molecule has 1 aliphatic heterocycles. The summed E-state index contributed by atoms with van der Waals surface area (Å²) in [4.78, 5) is 13.3. The van der Waals surface area contributed by atoms with Crippen LogP contribution in [-0.4, -0.2) is 46.5 Å². The number of nitrogens with zero attached hydrogens (tertiary/aromatic N) is 2. The second-order valence-corrected chi connectivity index (χ2v) is 4.89. The van der Waals surface area contributed by atoms with E-state index in [0.29, 0.717) is 5.84 Å². The van der Waals surface area contributed by atoms with Crippen LogP contribution in [0.2, 0.25) is 0 Å². The van der Waals surface area contributed by atoms with E-state index in [2.05, 4.69) is 0 Å². The van der Waals surface area contributed by atoms with Crippen molar-refractivity contribution in [3.8, 4) is 0 Å². The van der Waals surface area contributed by atoms with Gasteiger partial charge in [0.1, 0.15) is 0 Å². The van der Waals surface area contributed by atoms with Gasteiger partial charge in [0.2, 0.25) is 0 Å². The maximum Gasteiger partial charge on any atom is 0.295 e. The summed E-state index contributed by atoms with van der Waals surface area (Å²) in [6.45, 7) is 9.70. The van der Waals surface area contributed by atoms with Crippen molar-refractivity contribution in [1.82, 2.24) is 4.90 Å². The summed E-state index contributed by atoms with van der Waals surface area (Å²) in [5.74, 6) is -0.688. The fraction of sp³-hybridized carbons (Fsp3) is 0.833. The summed E-state index contributed by atoms with van der Waals surface area (Å²) in [6, 6.07) is 0.402.